The van der Waals surface area contributed by atoms with E-state index in [0.717, 1.165) is 50.4 Å². The van der Waals surface area contributed by atoms with Crippen molar-refractivity contribution in [1.82, 2.24) is 31.4 Å². The number of benzene rings is 2. The van der Waals surface area contributed by atoms with Gasteiger partial charge in [0.2, 0.25) is 11.9 Å². The van der Waals surface area contributed by atoms with Crippen LogP contribution in [-0.2, 0) is 52.8 Å². The SMILES string of the molecule is NS(=O)(=O)N=C(NCCCOc1cccc(CN2CCCCC2)c1)NOC(=O)C(=O)ONC(=NS(N)(=O)=O)NCCCOc1cccc(CN2CCCCC2)c1. The minimum absolute atomic E-state index is 0.0909. The zero-order chi connectivity index (χ0) is 40.2. The Morgan fingerprint density at radius 1 is 0.625 bits per heavy atom. The van der Waals surface area contributed by atoms with Crippen LogP contribution in [0.25, 0.3) is 0 Å². The molecule has 8 N–H and O–H groups in total. The van der Waals surface area contributed by atoms with Crippen LogP contribution in [0.5, 0.6) is 11.5 Å². The summed E-state index contributed by atoms with van der Waals surface area (Å²) in [5.74, 6) is -3.23. The maximum Gasteiger partial charge on any atom is 0.443 e. The second-order valence-electron chi connectivity index (χ2n) is 13.1. The molecule has 2 aromatic carbocycles. The van der Waals surface area contributed by atoms with Crippen molar-refractivity contribution >= 4 is 44.3 Å². The number of hydrogen-bond donors (Lipinski definition) is 6. The molecule has 20 nitrogen and oxygen atoms in total. The lowest BCUT2D eigenvalue weighted by Crippen LogP contribution is -2.44. The molecule has 2 fully saturated rings. The van der Waals surface area contributed by atoms with Gasteiger partial charge in [-0.25, -0.2) is 19.9 Å². The first-order valence-electron chi connectivity index (χ1n) is 18.4. The van der Waals surface area contributed by atoms with E-state index in [4.69, 9.17) is 19.8 Å². The molecule has 56 heavy (non-hydrogen) atoms. The second kappa shape index (κ2) is 22.7. The Hall–Kier alpha value is -4.74. The van der Waals surface area contributed by atoms with Crippen LogP contribution in [0.1, 0.15) is 62.5 Å². The molecule has 0 atom stereocenters. The minimum atomic E-state index is -4.47. The molecule has 2 aliphatic rings. The maximum absolute atomic E-state index is 12.3. The van der Waals surface area contributed by atoms with Crippen LogP contribution in [0.15, 0.2) is 57.3 Å². The monoisotopic (exact) mass is 824 g/mol. The van der Waals surface area contributed by atoms with E-state index >= 15 is 0 Å². The molecule has 0 spiro atoms. The van der Waals surface area contributed by atoms with Crippen LogP contribution in [0.3, 0.4) is 0 Å². The van der Waals surface area contributed by atoms with Crippen LogP contribution in [0.4, 0.5) is 0 Å². The third-order valence-corrected chi connectivity index (χ3v) is 9.23. The molecule has 4 rings (SSSR count). The van der Waals surface area contributed by atoms with Gasteiger partial charge in [0.1, 0.15) is 11.5 Å². The number of nitrogens with one attached hydrogen (secondary N) is 4. The first-order chi connectivity index (χ1) is 26.8. The Morgan fingerprint density at radius 2 is 1.02 bits per heavy atom. The molecule has 2 heterocycles. The summed E-state index contributed by atoms with van der Waals surface area (Å²) in [6.07, 6.45) is 8.01. The van der Waals surface area contributed by atoms with Crippen LogP contribution in [0.2, 0.25) is 0 Å². The normalized spacial score (nSPS) is 16.0. The lowest BCUT2D eigenvalue weighted by Gasteiger charge is -2.26. The van der Waals surface area contributed by atoms with E-state index in [1.807, 2.05) is 59.5 Å². The van der Waals surface area contributed by atoms with Gasteiger partial charge in [-0.15, -0.1) is 8.80 Å². The van der Waals surface area contributed by atoms with E-state index in [0.29, 0.717) is 24.3 Å². The number of nitrogens with zero attached hydrogens (tertiary/aromatic N) is 4. The number of nitrogens with two attached hydrogens (primary N) is 2. The summed E-state index contributed by atoms with van der Waals surface area (Å²) in [5, 5.41) is 15.2. The van der Waals surface area contributed by atoms with E-state index in [1.165, 1.54) is 38.5 Å². The van der Waals surface area contributed by atoms with Crippen LogP contribution >= 0.6 is 0 Å². The largest absolute Gasteiger partial charge is 0.494 e. The first-order valence-corrected chi connectivity index (χ1v) is 21.4. The number of rotatable bonds is 16. The Bertz CT molecular complexity index is 1720. The predicted octanol–water partition coefficient (Wildman–Crippen LogP) is 0.290. The average molecular weight is 825 g/mol. The molecule has 0 radical (unpaired) electrons. The van der Waals surface area contributed by atoms with Gasteiger partial charge in [-0.1, -0.05) is 37.1 Å². The molecule has 22 heteroatoms. The summed E-state index contributed by atoms with van der Waals surface area (Å²) in [4.78, 5) is 38.5. The van der Waals surface area contributed by atoms with Crippen molar-refractivity contribution < 1.29 is 45.6 Å². The van der Waals surface area contributed by atoms with E-state index in [-0.39, 0.29) is 26.3 Å². The highest BCUT2D eigenvalue weighted by Crippen LogP contribution is 2.19. The Labute approximate surface area is 327 Å². The summed E-state index contributed by atoms with van der Waals surface area (Å²) in [6, 6.07) is 15.5. The Kier molecular flexibility index (Phi) is 17.8. The highest BCUT2D eigenvalue weighted by Gasteiger charge is 2.21. The van der Waals surface area contributed by atoms with Gasteiger partial charge in [0.05, 0.1) is 13.2 Å². The summed E-state index contributed by atoms with van der Waals surface area (Å²) in [6.45, 7) is 6.64. The number of ether oxygens (including phenoxy) is 2. The molecule has 0 aliphatic carbocycles. The first kappa shape index (κ1) is 44.0. The summed E-state index contributed by atoms with van der Waals surface area (Å²) in [7, 11) is -8.93. The van der Waals surface area contributed by atoms with Crippen molar-refractivity contribution in [2.24, 2.45) is 19.1 Å². The molecular formula is C34H52N10O10S2. The van der Waals surface area contributed by atoms with E-state index in [9.17, 15) is 26.4 Å². The van der Waals surface area contributed by atoms with E-state index in [1.54, 1.807) is 0 Å². The fraction of sp³-hybridized carbons (Fsp3) is 0.529. The minimum Gasteiger partial charge on any atom is -0.494 e. The summed E-state index contributed by atoms with van der Waals surface area (Å²) >= 11 is 0. The molecule has 0 unspecified atom stereocenters. The molecule has 2 saturated heterocycles. The second-order valence-corrected chi connectivity index (χ2v) is 15.5. The fourth-order valence-corrected chi connectivity index (χ4v) is 6.57. The molecule has 0 aromatic heterocycles. The van der Waals surface area contributed by atoms with E-state index in [2.05, 4.69) is 38.9 Å². The van der Waals surface area contributed by atoms with Gasteiger partial charge in [-0.3, -0.25) is 9.80 Å². The Balaban J connectivity index is 1.16. The average Bonchev–Trinajstić information content (AvgIpc) is 3.15. The van der Waals surface area contributed by atoms with Crippen molar-refractivity contribution in [2.75, 3.05) is 52.5 Å². The predicted molar refractivity (Wildman–Crippen MR) is 207 cm³/mol. The van der Waals surface area contributed by atoms with Crippen molar-refractivity contribution in [3.8, 4) is 11.5 Å². The highest BCUT2D eigenvalue weighted by atomic mass is 32.2. The van der Waals surface area contributed by atoms with Crippen LogP contribution < -0.4 is 41.3 Å². The summed E-state index contributed by atoms with van der Waals surface area (Å²) in [5.41, 5.74) is 6.07. The number of likely N-dealkylation sites (tertiary alicyclic amines) is 2. The van der Waals surface area contributed by atoms with Crippen LogP contribution in [-0.4, -0.2) is 103 Å². The number of carbonyl (C=O) groups is 2. The van der Waals surface area contributed by atoms with Gasteiger partial charge in [0.25, 0.3) is 0 Å². The smallest absolute Gasteiger partial charge is 0.443 e. The third kappa shape index (κ3) is 18.3. The number of piperidine rings is 2. The van der Waals surface area contributed by atoms with E-state index < -0.39 is 44.3 Å². The van der Waals surface area contributed by atoms with Crippen molar-refractivity contribution in [1.29, 1.82) is 0 Å². The lowest BCUT2D eigenvalue weighted by molar-refractivity contribution is -0.172. The van der Waals surface area contributed by atoms with Gasteiger partial charge in [0, 0.05) is 26.2 Å². The fourth-order valence-electron chi connectivity index (χ4n) is 5.86. The molecule has 0 amide bonds. The van der Waals surface area contributed by atoms with Gasteiger partial charge < -0.3 is 29.8 Å². The number of guanidine groups is 2. The lowest BCUT2D eigenvalue weighted by atomic mass is 10.1. The highest BCUT2D eigenvalue weighted by molar-refractivity contribution is 7.88. The van der Waals surface area contributed by atoms with Gasteiger partial charge in [0.15, 0.2) is 0 Å². The van der Waals surface area contributed by atoms with Crippen molar-refractivity contribution in [2.45, 2.75) is 64.5 Å². The quantitative estimate of drug-likeness (QED) is 0.0437. The molecular weight excluding hydrogens is 773 g/mol. The molecule has 2 aliphatic heterocycles. The molecule has 0 bridgehead atoms. The number of hydroxylamine groups is 2. The molecule has 2 aromatic rings. The standard InChI is InChI=1S/C34H52N10O10S2/c35-55(47,48)41-33(37-15-9-21-51-29-13-7-11-27(23-29)25-43-17-3-1-4-18-43)39-53-31(45)32(46)54-40-34(42-56(36,49)50)38-16-10-22-52-30-14-8-12-28(24-30)26-44-19-5-2-6-20-44/h7-8,11-14,23-24H,1-6,9-10,15-22,25-26H2,(H2,35,47,48)(H2,36,49,50)(H2,37,39,41)(H2,38,40,42). The Morgan fingerprint density at radius 3 is 1.39 bits per heavy atom. The number of carbonyl (C=O) groups excluding carboxylic acids is 2. The van der Waals surface area contributed by atoms with Gasteiger partial charge in [-0.05, 0) is 100 Å². The van der Waals surface area contributed by atoms with Gasteiger partial charge >= 0.3 is 32.4 Å². The maximum atomic E-state index is 12.3. The van der Waals surface area contributed by atoms with Gasteiger partial charge in [-0.2, -0.15) is 27.8 Å². The third-order valence-electron chi connectivity index (χ3n) is 8.36. The topological polar surface area (TPSA) is 271 Å². The van der Waals surface area contributed by atoms with Crippen LogP contribution in [0, 0.1) is 0 Å². The molecule has 0 saturated carbocycles. The molecule has 310 valence electrons. The zero-order valence-corrected chi connectivity index (χ0v) is 32.8. The summed E-state index contributed by atoms with van der Waals surface area (Å²) < 4.78 is 64.4. The number of hydrogen-bond acceptors (Lipinski definition) is 12. The van der Waals surface area contributed by atoms with Crippen molar-refractivity contribution in [3.05, 3.63) is 59.7 Å². The van der Waals surface area contributed by atoms with Crippen molar-refractivity contribution in [3.63, 3.8) is 0 Å². The zero-order valence-electron chi connectivity index (χ0n) is 31.2.